The minimum absolute atomic E-state index is 0.0685. The van der Waals surface area contributed by atoms with Gasteiger partial charge in [0.2, 0.25) is 0 Å². The molecule has 2 heterocycles. The Hall–Kier alpha value is -2.72. The minimum atomic E-state index is 0.0685. The molecule has 2 aromatic heterocycles. The third-order valence-electron chi connectivity index (χ3n) is 4.59. The van der Waals surface area contributed by atoms with Crippen LogP contribution in [0.15, 0.2) is 71.5 Å². The van der Waals surface area contributed by atoms with Gasteiger partial charge in [-0.3, -0.25) is 9.36 Å². The van der Waals surface area contributed by atoms with Crippen molar-refractivity contribution in [3.63, 3.8) is 0 Å². The van der Waals surface area contributed by atoms with E-state index in [9.17, 15) is 4.79 Å². The van der Waals surface area contributed by atoms with Crippen LogP contribution in [0.3, 0.4) is 0 Å². The number of aromatic nitrogens is 2. The van der Waals surface area contributed by atoms with Crippen molar-refractivity contribution in [3.8, 4) is 10.4 Å². The van der Waals surface area contributed by atoms with Crippen LogP contribution in [0.2, 0.25) is 0 Å². The van der Waals surface area contributed by atoms with Crippen molar-refractivity contribution < 1.29 is 0 Å². The van der Waals surface area contributed by atoms with Gasteiger partial charge in [0.05, 0.1) is 5.39 Å². The zero-order valence-corrected chi connectivity index (χ0v) is 15.5. The van der Waals surface area contributed by atoms with Crippen molar-refractivity contribution in [2.45, 2.75) is 26.3 Å². The molecule has 0 spiro atoms. The lowest BCUT2D eigenvalue weighted by Crippen LogP contribution is -2.23. The first-order valence-electron chi connectivity index (χ1n) is 8.83. The quantitative estimate of drug-likeness (QED) is 0.498. The molecule has 0 N–H and O–H groups in total. The van der Waals surface area contributed by atoms with E-state index >= 15 is 0 Å². The molecule has 130 valence electrons. The maximum atomic E-state index is 13.0. The van der Waals surface area contributed by atoms with Crippen LogP contribution in [-0.4, -0.2) is 9.55 Å². The van der Waals surface area contributed by atoms with Gasteiger partial charge in [-0.25, -0.2) is 4.98 Å². The lowest BCUT2D eigenvalue weighted by molar-refractivity contribution is 0.599. The van der Waals surface area contributed by atoms with Gasteiger partial charge in [-0.1, -0.05) is 60.7 Å². The summed E-state index contributed by atoms with van der Waals surface area (Å²) in [5, 5.41) is 0.721. The number of thiophene rings is 1. The summed E-state index contributed by atoms with van der Waals surface area (Å²) in [5.74, 6) is 0.789. The van der Waals surface area contributed by atoms with Gasteiger partial charge in [0.1, 0.15) is 10.7 Å². The number of nitrogens with zero attached hydrogens (tertiary/aromatic N) is 2. The number of hydrogen-bond donors (Lipinski definition) is 0. The Kier molecular flexibility index (Phi) is 4.67. The molecule has 3 nitrogen and oxygen atoms in total. The molecule has 2 aromatic carbocycles. The molecular formula is C22H20N2OS. The molecule has 0 saturated carbocycles. The van der Waals surface area contributed by atoms with Gasteiger partial charge < -0.3 is 0 Å². The highest BCUT2D eigenvalue weighted by Crippen LogP contribution is 2.30. The van der Waals surface area contributed by atoms with Crippen LogP contribution in [0.4, 0.5) is 0 Å². The van der Waals surface area contributed by atoms with Gasteiger partial charge in [0.15, 0.2) is 0 Å². The maximum absolute atomic E-state index is 13.0. The third-order valence-corrected chi connectivity index (χ3v) is 5.67. The van der Waals surface area contributed by atoms with Gasteiger partial charge in [-0.2, -0.15) is 0 Å². The van der Waals surface area contributed by atoms with Crippen LogP contribution in [0.5, 0.6) is 0 Å². The van der Waals surface area contributed by atoms with E-state index in [1.54, 1.807) is 11.3 Å². The fourth-order valence-electron chi connectivity index (χ4n) is 3.21. The highest BCUT2D eigenvalue weighted by Gasteiger charge is 2.12. The van der Waals surface area contributed by atoms with Crippen molar-refractivity contribution in [3.05, 3.63) is 88.5 Å². The zero-order valence-electron chi connectivity index (χ0n) is 14.7. The van der Waals surface area contributed by atoms with Crippen molar-refractivity contribution in [2.75, 3.05) is 0 Å². The van der Waals surface area contributed by atoms with Crippen LogP contribution in [-0.2, 0) is 13.0 Å². The minimum Gasteiger partial charge on any atom is -0.296 e. The van der Waals surface area contributed by atoms with Crippen LogP contribution in [0.1, 0.15) is 17.8 Å². The van der Waals surface area contributed by atoms with Gasteiger partial charge in [0.25, 0.3) is 5.56 Å². The third kappa shape index (κ3) is 3.33. The van der Waals surface area contributed by atoms with Crippen LogP contribution in [0, 0.1) is 6.92 Å². The summed E-state index contributed by atoms with van der Waals surface area (Å²) in [6.07, 6.45) is 1.89. The second kappa shape index (κ2) is 7.26. The highest BCUT2D eigenvalue weighted by atomic mass is 32.1. The van der Waals surface area contributed by atoms with Crippen molar-refractivity contribution in [1.29, 1.82) is 0 Å². The Morgan fingerprint density at radius 2 is 1.69 bits per heavy atom. The average molecular weight is 360 g/mol. The summed E-state index contributed by atoms with van der Waals surface area (Å²) in [4.78, 5) is 19.6. The second-order valence-electron chi connectivity index (χ2n) is 6.40. The monoisotopic (exact) mass is 360 g/mol. The number of benzene rings is 2. The maximum Gasteiger partial charge on any atom is 0.262 e. The molecule has 0 aliphatic carbocycles. The van der Waals surface area contributed by atoms with Crippen LogP contribution >= 0.6 is 11.3 Å². The molecule has 0 bridgehead atoms. The summed E-state index contributed by atoms with van der Waals surface area (Å²) in [7, 11) is 0. The predicted molar refractivity (Wildman–Crippen MR) is 109 cm³/mol. The lowest BCUT2D eigenvalue weighted by Gasteiger charge is -2.09. The largest absolute Gasteiger partial charge is 0.296 e. The fraction of sp³-hybridized carbons (Fsp3) is 0.182. The molecule has 0 aliphatic heterocycles. The molecule has 0 amide bonds. The SMILES string of the molecule is Cc1nc2sc(-c3ccccc3)cc2c(=O)n1CCCc1ccccc1. The summed E-state index contributed by atoms with van der Waals surface area (Å²) in [6.45, 7) is 2.62. The first-order chi connectivity index (χ1) is 12.7. The van der Waals surface area contributed by atoms with Crippen molar-refractivity contribution in [1.82, 2.24) is 9.55 Å². The summed E-state index contributed by atoms with van der Waals surface area (Å²) in [5.41, 5.74) is 2.50. The first-order valence-corrected chi connectivity index (χ1v) is 9.64. The van der Waals surface area contributed by atoms with Crippen LogP contribution in [0.25, 0.3) is 20.7 Å². The summed E-state index contributed by atoms with van der Waals surface area (Å²) >= 11 is 1.58. The number of aryl methyl sites for hydroxylation is 2. The van der Waals surface area contributed by atoms with Gasteiger partial charge in [0, 0.05) is 11.4 Å². The fourth-order valence-corrected chi connectivity index (χ4v) is 4.28. The van der Waals surface area contributed by atoms with E-state index in [0.29, 0.717) is 6.54 Å². The number of fused-ring (bicyclic) bond motifs is 1. The first kappa shape index (κ1) is 16.7. The van der Waals surface area contributed by atoms with Gasteiger partial charge >= 0.3 is 0 Å². The molecule has 4 aromatic rings. The molecular weight excluding hydrogens is 340 g/mol. The Morgan fingerprint density at radius 3 is 2.42 bits per heavy atom. The molecule has 0 unspecified atom stereocenters. The Balaban J connectivity index is 1.62. The van der Waals surface area contributed by atoms with Crippen molar-refractivity contribution >= 4 is 21.6 Å². The van der Waals surface area contributed by atoms with E-state index < -0.39 is 0 Å². The van der Waals surface area contributed by atoms with E-state index in [4.69, 9.17) is 0 Å². The highest BCUT2D eigenvalue weighted by molar-refractivity contribution is 7.21. The second-order valence-corrected chi connectivity index (χ2v) is 7.43. The van der Waals surface area contributed by atoms with E-state index in [1.165, 1.54) is 5.56 Å². The molecule has 4 heteroatoms. The Labute approximate surface area is 156 Å². The number of hydrogen-bond acceptors (Lipinski definition) is 3. The van der Waals surface area contributed by atoms with E-state index in [1.807, 2.05) is 41.8 Å². The Bertz CT molecular complexity index is 1080. The molecule has 0 saturated heterocycles. The van der Waals surface area contributed by atoms with Gasteiger partial charge in [-0.05, 0) is 37.0 Å². The molecule has 0 atom stereocenters. The summed E-state index contributed by atoms with van der Waals surface area (Å²) in [6, 6.07) is 22.5. The molecule has 0 aliphatic rings. The zero-order chi connectivity index (χ0) is 17.9. The standard InChI is InChI=1S/C22H20N2OS/c1-16-23-21-19(15-20(26-21)18-12-6-3-7-13-18)22(25)24(16)14-8-11-17-9-4-2-5-10-17/h2-7,9-10,12-13,15H,8,11,14H2,1H3. The Morgan fingerprint density at radius 1 is 1.00 bits per heavy atom. The normalized spacial score (nSPS) is 11.1. The van der Waals surface area contributed by atoms with Crippen LogP contribution < -0.4 is 5.56 Å². The van der Waals surface area contributed by atoms with E-state index in [0.717, 1.165) is 39.3 Å². The molecule has 26 heavy (non-hydrogen) atoms. The van der Waals surface area contributed by atoms with Crippen molar-refractivity contribution in [2.24, 2.45) is 0 Å². The molecule has 0 radical (unpaired) electrons. The summed E-state index contributed by atoms with van der Waals surface area (Å²) < 4.78 is 1.81. The molecule has 4 rings (SSSR count). The van der Waals surface area contributed by atoms with Gasteiger partial charge in [-0.15, -0.1) is 11.3 Å². The topological polar surface area (TPSA) is 34.9 Å². The number of rotatable bonds is 5. The van der Waals surface area contributed by atoms with E-state index in [-0.39, 0.29) is 5.56 Å². The molecule has 0 fully saturated rings. The predicted octanol–water partition coefficient (Wildman–Crippen LogP) is 5.07. The van der Waals surface area contributed by atoms with E-state index in [2.05, 4.69) is 41.4 Å². The smallest absolute Gasteiger partial charge is 0.262 e. The lowest BCUT2D eigenvalue weighted by atomic mass is 10.1. The average Bonchev–Trinajstić information content (AvgIpc) is 3.10.